The van der Waals surface area contributed by atoms with Crippen molar-refractivity contribution >= 4 is 34.7 Å². The maximum Gasteiger partial charge on any atom is 0.300 e. The molecule has 2 aromatic carbocycles. The van der Waals surface area contributed by atoms with Crippen LogP contribution in [0.2, 0.25) is 5.02 Å². The molecule has 1 amide bonds. The summed E-state index contributed by atoms with van der Waals surface area (Å²) in [6.07, 6.45) is 3.17. The zero-order valence-electron chi connectivity index (χ0n) is 18.7. The van der Waals surface area contributed by atoms with Gasteiger partial charge < -0.3 is 9.84 Å². The van der Waals surface area contributed by atoms with E-state index in [-0.39, 0.29) is 11.3 Å². The lowest BCUT2D eigenvalue weighted by Gasteiger charge is -2.27. The fourth-order valence-electron chi connectivity index (χ4n) is 4.21. The Bertz CT molecular complexity index is 1300. The Morgan fingerprint density at radius 3 is 2.42 bits per heavy atom. The van der Waals surface area contributed by atoms with Gasteiger partial charge in [-0.05, 0) is 79.4 Å². The third-order valence-electron chi connectivity index (χ3n) is 5.96. The van der Waals surface area contributed by atoms with Crippen LogP contribution >= 0.6 is 11.6 Å². The standard InChI is InChI=1S/C26H23ClN2O4/c1-14-13-21(33-4)15(2)12-18(14)24(30)22-23(17-8-10-28-11-9-17)29(26(32)25(22)31)20-7-5-6-19(27)16(20)3/h5-13,23,30H,1-4H3/b24-22+. The van der Waals surface area contributed by atoms with Crippen LogP contribution in [-0.2, 0) is 9.59 Å². The molecule has 1 N–H and O–H groups in total. The average molecular weight is 463 g/mol. The zero-order valence-corrected chi connectivity index (χ0v) is 19.5. The first-order valence-electron chi connectivity index (χ1n) is 10.4. The molecule has 0 aliphatic carbocycles. The minimum absolute atomic E-state index is 0.0123. The first kappa shape index (κ1) is 22.6. The summed E-state index contributed by atoms with van der Waals surface area (Å²) < 4.78 is 5.37. The van der Waals surface area contributed by atoms with Crippen LogP contribution in [0.25, 0.3) is 5.76 Å². The van der Waals surface area contributed by atoms with Crippen molar-refractivity contribution in [2.45, 2.75) is 26.8 Å². The molecule has 3 aromatic rings. The van der Waals surface area contributed by atoms with Gasteiger partial charge in [0.15, 0.2) is 0 Å². The topological polar surface area (TPSA) is 79.7 Å². The number of aliphatic hydroxyl groups excluding tert-OH is 1. The number of rotatable bonds is 4. The first-order chi connectivity index (χ1) is 15.8. The summed E-state index contributed by atoms with van der Waals surface area (Å²) in [5.41, 5.74) is 3.81. The molecule has 0 bridgehead atoms. The van der Waals surface area contributed by atoms with Crippen molar-refractivity contribution in [3.05, 3.63) is 93.3 Å². The molecule has 0 spiro atoms. The molecule has 4 rings (SSSR count). The molecule has 1 saturated heterocycles. The normalized spacial score (nSPS) is 17.5. The number of ketones is 1. The highest BCUT2D eigenvalue weighted by Crippen LogP contribution is 2.44. The summed E-state index contributed by atoms with van der Waals surface area (Å²) in [6, 6.07) is 11.3. The highest BCUT2D eigenvalue weighted by Gasteiger charge is 2.47. The smallest absolute Gasteiger partial charge is 0.300 e. The quantitative estimate of drug-likeness (QED) is 0.323. The molecular formula is C26H23ClN2O4. The largest absolute Gasteiger partial charge is 0.507 e. The number of benzene rings is 2. The Morgan fingerprint density at radius 2 is 1.76 bits per heavy atom. The zero-order chi connectivity index (χ0) is 23.9. The van der Waals surface area contributed by atoms with Crippen LogP contribution in [0.1, 0.15) is 33.9 Å². The van der Waals surface area contributed by atoms with Crippen LogP contribution in [-0.4, -0.2) is 28.9 Å². The van der Waals surface area contributed by atoms with E-state index < -0.39 is 17.7 Å². The fourth-order valence-corrected chi connectivity index (χ4v) is 4.38. The van der Waals surface area contributed by atoms with Crippen LogP contribution in [0.3, 0.4) is 0 Å². The van der Waals surface area contributed by atoms with Gasteiger partial charge in [-0.15, -0.1) is 0 Å². The van der Waals surface area contributed by atoms with E-state index in [1.165, 1.54) is 4.90 Å². The number of aromatic nitrogens is 1. The summed E-state index contributed by atoms with van der Waals surface area (Å²) in [5.74, 6) is -1.06. The molecule has 1 aromatic heterocycles. The van der Waals surface area contributed by atoms with Crippen molar-refractivity contribution in [1.82, 2.24) is 4.98 Å². The van der Waals surface area contributed by atoms with E-state index in [1.54, 1.807) is 68.9 Å². The van der Waals surface area contributed by atoms with Crippen molar-refractivity contribution in [1.29, 1.82) is 0 Å². The van der Waals surface area contributed by atoms with Crippen LogP contribution in [0, 0.1) is 20.8 Å². The van der Waals surface area contributed by atoms with Crippen molar-refractivity contribution in [2.24, 2.45) is 0 Å². The number of hydrogen-bond donors (Lipinski definition) is 1. The Morgan fingerprint density at radius 1 is 1.06 bits per heavy atom. The van der Waals surface area contributed by atoms with E-state index in [0.717, 1.165) is 5.56 Å². The van der Waals surface area contributed by atoms with Gasteiger partial charge in [-0.3, -0.25) is 19.5 Å². The molecule has 1 aliphatic heterocycles. The van der Waals surface area contributed by atoms with Gasteiger partial charge >= 0.3 is 0 Å². The maximum atomic E-state index is 13.3. The number of carbonyl (C=O) groups is 2. The summed E-state index contributed by atoms with van der Waals surface area (Å²) in [6.45, 7) is 5.45. The molecule has 33 heavy (non-hydrogen) atoms. The second-order valence-corrected chi connectivity index (χ2v) is 8.38. The van der Waals surface area contributed by atoms with E-state index in [0.29, 0.717) is 38.7 Å². The van der Waals surface area contributed by atoms with Crippen molar-refractivity contribution in [2.75, 3.05) is 12.0 Å². The third kappa shape index (κ3) is 3.76. The number of anilines is 1. The number of pyridine rings is 1. The molecular weight excluding hydrogens is 440 g/mol. The predicted molar refractivity (Wildman–Crippen MR) is 128 cm³/mol. The molecule has 168 valence electrons. The number of methoxy groups -OCH3 is 1. The highest BCUT2D eigenvalue weighted by molar-refractivity contribution is 6.52. The molecule has 6 nitrogen and oxygen atoms in total. The van der Waals surface area contributed by atoms with Gasteiger partial charge in [0.25, 0.3) is 11.7 Å². The summed E-state index contributed by atoms with van der Waals surface area (Å²) >= 11 is 6.33. The predicted octanol–water partition coefficient (Wildman–Crippen LogP) is 5.30. The lowest BCUT2D eigenvalue weighted by molar-refractivity contribution is -0.132. The Labute approximate surface area is 197 Å². The molecule has 0 saturated carbocycles. The van der Waals surface area contributed by atoms with Gasteiger partial charge in [0.05, 0.1) is 18.7 Å². The maximum absolute atomic E-state index is 13.3. The lowest BCUT2D eigenvalue weighted by Crippen LogP contribution is -2.30. The number of Topliss-reactive ketones (excluding diaryl/α,β-unsaturated/α-hetero) is 1. The minimum atomic E-state index is -0.841. The molecule has 1 aliphatic rings. The van der Waals surface area contributed by atoms with E-state index in [2.05, 4.69) is 4.98 Å². The van der Waals surface area contributed by atoms with E-state index >= 15 is 0 Å². The van der Waals surface area contributed by atoms with Crippen LogP contribution < -0.4 is 9.64 Å². The molecule has 2 heterocycles. The summed E-state index contributed by atoms with van der Waals surface area (Å²) in [7, 11) is 1.57. The fraction of sp³-hybridized carbons (Fsp3) is 0.192. The van der Waals surface area contributed by atoms with Gasteiger partial charge in [-0.2, -0.15) is 0 Å². The average Bonchev–Trinajstić information content (AvgIpc) is 3.07. The lowest BCUT2D eigenvalue weighted by atomic mass is 9.93. The van der Waals surface area contributed by atoms with Crippen molar-refractivity contribution < 1.29 is 19.4 Å². The number of amides is 1. The van der Waals surface area contributed by atoms with E-state index in [9.17, 15) is 14.7 Å². The van der Waals surface area contributed by atoms with Gasteiger partial charge in [0, 0.05) is 28.7 Å². The van der Waals surface area contributed by atoms with Crippen LogP contribution in [0.5, 0.6) is 5.75 Å². The van der Waals surface area contributed by atoms with Gasteiger partial charge in [-0.25, -0.2) is 0 Å². The number of nitrogens with zero attached hydrogens (tertiary/aromatic N) is 2. The van der Waals surface area contributed by atoms with Crippen LogP contribution in [0.4, 0.5) is 5.69 Å². The number of ether oxygens (including phenoxy) is 1. The summed E-state index contributed by atoms with van der Waals surface area (Å²) in [4.78, 5) is 32.1. The monoisotopic (exact) mass is 462 g/mol. The second kappa shape index (κ2) is 8.71. The molecule has 1 unspecified atom stereocenters. The number of hydrogen-bond acceptors (Lipinski definition) is 5. The Balaban J connectivity index is 2.00. The number of aryl methyl sites for hydroxylation is 2. The van der Waals surface area contributed by atoms with Gasteiger partial charge in [0.2, 0.25) is 0 Å². The molecule has 0 radical (unpaired) electrons. The number of carbonyl (C=O) groups excluding carboxylic acids is 2. The number of aliphatic hydroxyl groups is 1. The van der Waals surface area contributed by atoms with Gasteiger partial charge in [0.1, 0.15) is 11.5 Å². The second-order valence-electron chi connectivity index (χ2n) is 7.97. The minimum Gasteiger partial charge on any atom is -0.507 e. The number of halogens is 1. The highest BCUT2D eigenvalue weighted by atomic mass is 35.5. The third-order valence-corrected chi connectivity index (χ3v) is 6.37. The Kier molecular flexibility index (Phi) is 5.95. The van der Waals surface area contributed by atoms with Crippen molar-refractivity contribution in [3.63, 3.8) is 0 Å². The molecule has 1 atom stereocenters. The summed E-state index contributed by atoms with van der Waals surface area (Å²) in [5, 5.41) is 11.9. The molecule has 7 heteroatoms. The van der Waals surface area contributed by atoms with Gasteiger partial charge in [-0.1, -0.05) is 17.7 Å². The SMILES string of the molecule is COc1cc(C)c(/C(O)=C2\C(=O)C(=O)N(c3cccc(Cl)c3C)C2c2ccncc2)cc1C. The Hall–Kier alpha value is -3.64. The van der Waals surface area contributed by atoms with Crippen LogP contribution in [0.15, 0.2) is 60.4 Å². The van der Waals surface area contributed by atoms with E-state index in [4.69, 9.17) is 16.3 Å². The first-order valence-corrected chi connectivity index (χ1v) is 10.8. The molecule has 1 fully saturated rings. The van der Waals surface area contributed by atoms with Crippen molar-refractivity contribution in [3.8, 4) is 5.75 Å². The van der Waals surface area contributed by atoms with E-state index in [1.807, 2.05) is 13.8 Å².